The molecule has 4 heteroatoms. The number of hydrogen-bond donors (Lipinski definition) is 0. The van der Waals surface area contributed by atoms with E-state index >= 15 is 0 Å². The summed E-state index contributed by atoms with van der Waals surface area (Å²) in [6, 6.07) is 17.3. The first-order valence-corrected chi connectivity index (χ1v) is 8.74. The van der Waals surface area contributed by atoms with Gasteiger partial charge in [-0.2, -0.15) is 0 Å². The van der Waals surface area contributed by atoms with E-state index < -0.39 is 0 Å². The fourth-order valence-electron chi connectivity index (χ4n) is 2.72. The number of para-hydroxylation sites is 1. The largest absolute Gasteiger partial charge is 0.494 e. The maximum atomic E-state index is 12.5. The van der Waals surface area contributed by atoms with Gasteiger partial charge in [0.25, 0.3) is 0 Å². The topological polar surface area (TPSA) is 42.7 Å². The molecule has 3 rings (SSSR count). The van der Waals surface area contributed by atoms with Gasteiger partial charge >= 0.3 is 0 Å². The van der Waals surface area contributed by atoms with Crippen LogP contribution in [0.2, 0.25) is 0 Å². The lowest BCUT2D eigenvalue weighted by Gasteiger charge is -2.21. The number of carbonyl (C=O) groups excluding carboxylic acids is 1. The highest BCUT2D eigenvalue weighted by Crippen LogP contribution is 2.26. The monoisotopic (exact) mass is 349 g/mol. The normalized spacial score (nSPS) is 12.4. The number of rotatable bonds is 6. The lowest BCUT2D eigenvalue weighted by atomic mass is 10.1. The van der Waals surface area contributed by atoms with Crippen LogP contribution >= 0.6 is 0 Å². The van der Waals surface area contributed by atoms with Crippen LogP contribution < -0.4 is 4.74 Å². The van der Waals surface area contributed by atoms with E-state index in [2.05, 4.69) is 0 Å². The summed E-state index contributed by atoms with van der Waals surface area (Å²) < 4.78 is 11.3. The molecule has 0 fully saturated rings. The minimum absolute atomic E-state index is 0.0770. The van der Waals surface area contributed by atoms with Gasteiger partial charge in [0.1, 0.15) is 17.1 Å². The molecule has 0 N–H and O–H groups in total. The van der Waals surface area contributed by atoms with Gasteiger partial charge in [-0.05, 0) is 49.8 Å². The van der Waals surface area contributed by atoms with Gasteiger partial charge in [0, 0.05) is 18.5 Å². The van der Waals surface area contributed by atoms with E-state index in [-0.39, 0.29) is 11.9 Å². The second-order valence-electron chi connectivity index (χ2n) is 6.15. The summed E-state index contributed by atoms with van der Waals surface area (Å²) in [4.78, 5) is 14.2. The summed E-state index contributed by atoms with van der Waals surface area (Å²) in [5.74, 6) is 1.52. The fourth-order valence-corrected chi connectivity index (χ4v) is 2.72. The number of carbonyl (C=O) groups is 1. The molecule has 0 saturated carbocycles. The number of furan rings is 1. The first-order valence-electron chi connectivity index (χ1n) is 8.74. The van der Waals surface area contributed by atoms with Crippen LogP contribution in [0.1, 0.15) is 31.2 Å². The van der Waals surface area contributed by atoms with Crippen molar-refractivity contribution in [2.24, 2.45) is 0 Å². The third-order valence-electron chi connectivity index (χ3n) is 4.39. The number of benzene rings is 2. The summed E-state index contributed by atoms with van der Waals surface area (Å²) in [5.41, 5.74) is 1.78. The van der Waals surface area contributed by atoms with Crippen molar-refractivity contribution in [3.05, 3.63) is 72.0 Å². The molecule has 0 aliphatic heterocycles. The Balaban J connectivity index is 1.68. The summed E-state index contributed by atoms with van der Waals surface area (Å²) >= 11 is 0. The van der Waals surface area contributed by atoms with E-state index in [1.165, 1.54) is 0 Å². The molecule has 0 bridgehead atoms. The van der Waals surface area contributed by atoms with E-state index in [0.717, 1.165) is 28.0 Å². The van der Waals surface area contributed by atoms with Crippen molar-refractivity contribution in [2.45, 2.75) is 19.9 Å². The van der Waals surface area contributed by atoms with Crippen LogP contribution in [0.15, 0.2) is 65.1 Å². The van der Waals surface area contributed by atoms with E-state index in [4.69, 9.17) is 9.15 Å². The second-order valence-corrected chi connectivity index (χ2v) is 6.15. The molecule has 0 radical (unpaired) electrons. The van der Waals surface area contributed by atoms with Gasteiger partial charge in [-0.25, -0.2) is 0 Å². The number of amides is 1. The second kappa shape index (κ2) is 7.91. The summed E-state index contributed by atoms with van der Waals surface area (Å²) in [5, 5.41) is 1.04. The van der Waals surface area contributed by atoms with Crippen LogP contribution in [0.25, 0.3) is 17.0 Å². The maximum Gasteiger partial charge on any atom is 0.246 e. The summed E-state index contributed by atoms with van der Waals surface area (Å²) in [6.07, 6.45) is 3.38. The SMILES string of the molecule is CCOc1ccc(C=CC(=O)N(C)C(C)c2cc3ccccc3o2)cc1. The van der Waals surface area contributed by atoms with Crippen LogP contribution in [0, 0.1) is 0 Å². The van der Waals surface area contributed by atoms with Crippen molar-refractivity contribution in [1.29, 1.82) is 0 Å². The number of fused-ring (bicyclic) bond motifs is 1. The Morgan fingerprint density at radius 1 is 1.19 bits per heavy atom. The Kier molecular flexibility index (Phi) is 5.42. The molecular formula is C22H23NO3. The van der Waals surface area contributed by atoms with E-state index in [1.807, 2.05) is 68.4 Å². The van der Waals surface area contributed by atoms with Crippen molar-refractivity contribution in [2.75, 3.05) is 13.7 Å². The molecule has 1 unspecified atom stereocenters. The fraction of sp³-hybridized carbons (Fsp3) is 0.227. The molecule has 26 heavy (non-hydrogen) atoms. The lowest BCUT2D eigenvalue weighted by Crippen LogP contribution is -2.27. The molecule has 1 amide bonds. The highest BCUT2D eigenvalue weighted by molar-refractivity contribution is 5.92. The number of hydrogen-bond acceptors (Lipinski definition) is 3. The molecule has 1 heterocycles. The average molecular weight is 349 g/mol. The zero-order chi connectivity index (χ0) is 18.5. The van der Waals surface area contributed by atoms with Gasteiger partial charge < -0.3 is 14.1 Å². The van der Waals surface area contributed by atoms with Crippen LogP contribution in [-0.2, 0) is 4.79 Å². The third-order valence-corrected chi connectivity index (χ3v) is 4.39. The van der Waals surface area contributed by atoms with Gasteiger partial charge in [-0.3, -0.25) is 4.79 Å². The van der Waals surface area contributed by atoms with Crippen molar-refractivity contribution in [3.8, 4) is 5.75 Å². The standard InChI is InChI=1S/C22H23NO3/c1-4-25-19-12-9-17(10-13-19)11-14-22(24)23(3)16(2)21-15-18-7-5-6-8-20(18)26-21/h5-16H,4H2,1-3H3. The minimum atomic E-state index is -0.153. The quantitative estimate of drug-likeness (QED) is 0.584. The van der Waals surface area contributed by atoms with Crippen molar-refractivity contribution >= 4 is 23.0 Å². The van der Waals surface area contributed by atoms with Crippen molar-refractivity contribution < 1.29 is 13.9 Å². The Bertz CT molecular complexity index is 876. The molecular weight excluding hydrogens is 326 g/mol. The Labute approximate surface area is 153 Å². The Morgan fingerprint density at radius 2 is 1.92 bits per heavy atom. The molecule has 0 aliphatic carbocycles. The van der Waals surface area contributed by atoms with Gasteiger partial charge in [0.2, 0.25) is 5.91 Å². The smallest absolute Gasteiger partial charge is 0.246 e. The predicted molar refractivity (Wildman–Crippen MR) is 104 cm³/mol. The minimum Gasteiger partial charge on any atom is -0.494 e. The number of nitrogens with zero attached hydrogens (tertiary/aromatic N) is 1. The van der Waals surface area contributed by atoms with Gasteiger partial charge in [-0.1, -0.05) is 30.3 Å². The van der Waals surface area contributed by atoms with Crippen LogP contribution in [0.5, 0.6) is 5.75 Å². The zero-order valence-electron chi connectivity index (χ0n) is 15.3. The van der Waals surface area contributed by atoms with Crippen molar-refractivity contribution in [1.82, 2.24) is 4.90 Å². The molecule has 0 spiro atoms. The van der Waals surface area contributed by atoms with E-state index in [0.29, 0.717) is 6.61 Å². The van der Waals surface area contributed by atoms with Gasteiger partial charge in [0.15, 0.2) is 0 Å². The van der Waals surface area contributed by atoms with E-state index in [1.54, 1.807) is 24.1 Å². The van der Waals surface area contributed by atoms with E-state index in [9.17, 15) is 4.79 Å². The molecule has 0 saturated heterocycles. The molecule has 2 aromatic carbocycles. The molecule has 134 valence electrons. The third kappa shape index (κ3) is 3.97. The number of ether oxygens (including phenoxy) is 1. The highest BCUT2D eigenvalue weighted by Gasteiger charge is 2.19. The van der Waals surface area contributed by atoms with Gasteiger partial charge in [0.05, 0.1) is 12.6 Å². The van der Waals surface area contributed by atoms with Crippen molar-refractivity contribution in [3.63, 3.8) is 0 Å². The molecule has 4 nitrogen and oxygen atoms in total. The number of likely N-dealkylation sites (N-methyl/N-ethyl adjacent to an activating group) is 1. The maximum absolute atomic E-state index is 12.5. The zero-order valence-corrected chi connectivity index (χ0v) is 15.3. The average Bonchev–Trinajstić information content (AvgIpc) is 3.10. The first kappa shape index (κ1) is 17.8. The predicted octanol–water partition coefficient (Wildman–Crippen LogP) is 5.06. The van der Waals surface area contributed by atoms with Crippen LogP contribution in [0.3, 0.4) is 0 Å². The molecule has 1 aromatic heterocycles. The van der Waals surface area contributed by atoms with Gasteiger partial charge in [-0.15, -0.1) is 0 Å². The molecule has 1 atom stereocenters. The Morgan fingerprint density at radius 3 is 2.62 bits per heavy atom. The first-order chi connectivity index (χ1) is 12.6. The summed E-state index contributed by atoms with van der Waals surface area (Å²) in [7, 11) is 1.78. The highest BCUT2D eigenvalue weighted by atomic mass is 16.5. The van der Waals surface area contributed by atoms with Crippen LogP contribution in [-0.4, -0.2) is 24.5 Å². The lowest BCUT2D eigenvalue weighted by molar-refractivity contribution is -0.126. The van der Waals surface area contributed by atoms with Crippen LogP contribution in [0.4, 0.5) is 0 Å². The molecule has 3 aromatic rings. The molecule has 0 aliphatic rings. The summed E-state index contributed by atoms with van der Waals surface area (Å²) in [6.45, 7) is 4.55. The Hall–Kier alpha value is -3.01.